The van der Waals surface area contributed by atoms with Gasteiger partial charge in [0, 0.05) is 21.6 Å². The Morgan fingerprint density at radius 3 is 2.67 bits per heavy atom. The molecule has 1 aromatic carbocycles. The summed E-state index contributed by atoms with van der Waals surface area (Å²) in [7, 11) is 0. The number of hydrogen-bond acceptors (Lipinski definition) is 4. The smallest absolute Gasteiger partial charge is 0.258 e. The molecule has 3 rings (SSSR count). The van der Waals surface area contributed by atoms with Crippen molar-refractivity contribution in [3.8, 4) is 11.5 Å². The highest BCUT2D eigenvalue weighted by atomic mass is 79.9. The third-order valence-electron chi connectivity index (χ3n) is 4.40. The van der Waals surface area contributed by atoms with Gasteiger partial charge >= 0.3 is 0 Å². The molecule has 5 heteroatoms. The summed E-state index contributed by atoms with van der Waals surface area (Å²) in [6, 6.07) is 5.66. The molecule has 112 valence electrons. The van der Waals surface area contributed by atoms with Crippen molar-refractivity contribution in [1.29, 1.82) is 0 Å². The van der Waals surface area contributed by atoms with Crippen molar-refractivity contribution < 1.29 is 4.52 Å². The minimum atomic E-state index is 0.440. The first-order valence-corrected chi connectivity index (χ1v) is 8.35. The molecule has 2 N–H and O–H groups in total. The first-order valence-electron chi connectivity index (χ1n) is 7.55. The first-order chi connectivity index (χ1) is 10.2. The van der Waals surface area contributed by atoms with Crippen LogP contribution in [0.15, 0.2) is 27.2 Å². The molecule has 1 saturated carbocycles. The molecular formula is C16H20BrN3O. The van der Waals surface area contributed by atoms with E-state index in [1.54, 1.807) is 0 Å². The van der Waals surface area contributed by atoms with E-state index in [4.69, 9.17) is 10.3 Å². The molecule has 2 aromatic rings. The van der Waals surface area contributed by atoms with E-state index in [0.29, 0.717) is 17.5 Å². The zero-order valence-electron chi connectivity index (χ0n) is 12.2. The van der Waals surface area contributed by atoms with Crippen LogP contribution in [0.2, 0.25) is 0 Å². The van der Waals surface area contributed by atoms with E-state index in [9.17, 15) is 0 Å². The van der Waals surface area contributed by atoms with Crippen LogP contribution in [0.3, 0.4) is 0 Å². The molecule has 0 spiro atoms. The summed E-state index contributed by atoms with van der Waals surface area (Å²) in [5.41, 5.74) is 7.40. The molecule has 21 heavy (non-hydrogen) atoms. The van der Waals surface area contributed by atoms with Crippen molar-refractivity contribution in [2.45, 2.75) is 44.9 Å². The predicted octanol–water partition coefficient (Wildman–Crippen LogP) is 4.77. The maximum Gasteiger partial charge on any atom is 0.258 e. The number of anilines is 1. The monoisotopic (exact) mass is 349 g/mol. The van der Waals surface area contributed by atoms with Crippen molar-refractivity contribution in [3.05, 3.63) is 28.5 Å². The van der Waals surface area contributed by atoms with Gasteiger partial charge in [-0.2, -0.15) is 4.98 Å². The molecule has 4 nitrogen and oxygen atoms in total. The van der Waals surface area contributed by atoms with Gasteiger partial charge in [-0.3, -0.25) is 0 Å². The van der Waals surface area contributed by atoms with Gasteiger partial charge < -0.3 is 10.3 Å². The average Bonchev–Trinajstić information content (AvgIpc) is 2.96. The van der Waals surface area contributed by atoms with Gasteiger partial charge in [-0.15, -0.1) is 0 Å². The maximum atomic E-state index is 5.86. The Morgan fingerprint density at radius 2 is 2.00 bits per heavy atom. The van der Waals surface area contributed by atoms with Crippen molar-refractivity contribution in [1.82, 2.24) is 10.1 Å². The first kappa shape index (κ1) is 14.6. The number of halogens is 1. The van der Waals surface area contributed by atoms with Gasteiger partial charge in [0.25, 0.3) is 5.89 Å². The van der Waals surface area contributed by atoms with Crippen molar-refractivity contribution in [3.63, 3.8) is 0 Å². The van der Waals surface area contributed by atoms with Crippen LogP contribution in [0.4, 0.5) is 5.69 Å². The number of nitrogens with zero attached hydrogens (tertiary/aromatic N) is 2. The van der Waals surface area contributed by atoms with E-state index < -0.39 is 0 Å². The molecule has 1 aromatic heterocycles. The Kier molecular flexibility index (Phi) is 4.29. The molecular weight excluding hydrogens is 330 g/mol. The number of hydrogen-bond donors (Lipinski definition) is 1. The second kappa shape index (κ2) is 6.18. The van der Waals surface area contributed by atoms with Gasteiger partial charge in [0.15, 0.2) is 5.82 Å². The van der Waals surface area contributed by atoms with Gasteiger partial charge in [0.05, 0.1) is 0 Å². The van der Waals surface area contributed by atoms with Crippen LogP contribution in [0.1, 0.15) is 50.8 Å². The van der Waals surface area contributed by atoms with E-state index in [1.807, 2.05) is 18.2 Å². The van der Waals surface area contributed by atoms with Gasteiger partial charge in [-0.1, -0.05) is 34.4 Å². The largest absolute Gasteiger partial charge is 0.399 e. The summed E-state index contributed by atoms with van der Waals surface area (Å²) in [5, 5.41) is 4.18. The lowest BCUT2D eigenvalue weighted by Crippen LogP contribution is -2.13. The van der Waals surface area contributed by atoms with E-state index in [2.05, 4.69) is 33.0 Å². The predicted molar refractivity (Wildman–Crippen MR) is 86.8 cm³/mol. The number of nitrogens with two attached hydrogens (primary N) is 1. The molecule has 0 unspecified atom stereocenters. The highest BCUT2D eigenvalue weighted by Crippen LogP contribution is 2.36. The van der Waals surface area contributed by atoms with Gasteiger partial charge in [-0.25, -0.2) is 0 Å². The van der Waals surface area contributed by atoms with Crippen LogP contribution in [0.5, 0.6) is 0 Å². The summed E-state index contributed by atoms with van der Waals surface area (Å²) in [6.45, 7) is 2.27. The normalized spacial score (nSPS) is 22.4. The van der Waals surface area contributed by atoms with E-state index >= 15 is 0 Å². The van der Waals surface area contributed by atoms with Crippen LogP contribution in [0, 0.1) is 5.92 Å². The van der Waals surface area contributed by atoms with Crippen molar-refractivity contribution >= 4 is 21.6 Å². The molecule has 1 heterocycles. The van der Waals surface area contributed by atoms with E-state index in [1.165, 1.54) is 19.3 Å². The fourth-order valence-corrected chi connectivity index (χ4v) is 3.59. The zero-order chi connectivity index (χ0) is 14.8. The fourth-order valence-electron chi connectivity index (χ4n) is 3.08. The second-order valence-electron chi connectivity index (χ2n) is 5.86. The Bertz CT molecular complexity index is 597. The van der Waals surface area contributed by atoms with Crippen LogP contribution >= 0.6 is 15.9 Å². The minimum absolute atomic E-state index is 0.440. The highest BCUT2D eigenvalue weighted by molar-refractivity contribution is 9.10. The van der Waals surface area contributed by atoms with E-state index in [0.717, 1.165) is 34.6 Å². The number of aromatic nitrogens is 2. The summed E-state index contributed by atoms with van der Waals surface area (Å²) >= 11 is 3.44. The molecule has 0 saturated heterocycles. The lowest BCUT2D eigenvalue weighted by atomic mass is 9.80. The SMILES string of the molecule is CCC1CCC(c2noc(-c3cc(N)cc(Br)c3)n2)CC1. The molecule has 0 atom stereocenters. The summed E-state index contributed by atoms with van der Waals surface area (Å²) in [6.07, 6.45) is 6.15. The van der Waals surface area contributed by atoms with Gasteiger partial charge in [0.2, 0.25) is 0 Å². The summed E-state index contributed by atoms with van der Waals surface area (Å²) < 4.78 is 6.35. The van der Waals surface area contributed by atoms with Gasteiger partial charge in [0.1, 0.15) is 0 Å². The number of rotatable bonds is 3. The molecule has 0 amide bonds. The van der Waals surface area contributed by atoms with Gasteiger partial charge in [-0.05, 0) is 49.8 Å². The molecule has 1 aliphatic carbocycles. The van der Waals surface area contributed by atoms with Crippen molar-refractivity contribution in [2.24, 2.45) is 5.92 Å². The van der Waals surface area contributed by atoms with Crippen LogP contribution in [-0.2, 0) is 0 Å². The average molecular weight is 350 g/mol. The molecule has 0 aliphatic heterocycles. The highest BCUT2D eigenvalue weighted by Gasteiger charge is 2.25. The van der Waals surface area contributed by atoms with E-state index in [-0.39, 0.29) is 0 Å². The zero-order valence-corrected chi connectivity index (χ0v) is 13.8. The standard InChI is InChI=1S/C16H20BrN3O/c1-2-10-3-5-11(6-4-10)15-19-16(21-20-15)12-7-13(17)9-14(18)8-12/h7-11H,2-6,18H2,1H3. The van der Waals surface area contributed by atoms with Crippen LogP contribution in [-0.4, -0.2) is 10.1 Å². The second-order valence-corrected chi connectivity index (χ2v) is 6.77. The topological polar surface area (TPSA) is 64.9 Å². The maximum absolute atomic E-state index is 5.86. The third-order valence-corrected chi connectivity index (χ3v) is 4.86. The fraction of sp³-hybridized carbons (Fsp3) is 0.500. The Morgan fingerprint density at radius 1 is 1.24 bits per heavy atom. The summed E-state index contributed by atoms with van der Waals surface area (Å²) in [4.78, 5) is 4.58. The molecule has 0 bridgehead atoms. The minimum Gasteiger partial charge on any atom is -0.399 e. The number of benzene rings is 1. The lowest BCUT2D eigenvalue weighted by molar-refractivity contribution is 0.305. The molecule has 1 fully saturated rings. The van der Waals surface area contributed by atoms with Crippen LogP contribution < -0.4 is 5.73 Å². The third kappa shape index (κ3) is 3.28. The Balaban J connectivity index is 1.77. The lowest BCUT2D eigenvalue weighted by Gasteiger charge is -2.25. The Labute approximate surface area is 133 Å². The molecule has 1 aliphatic rings. The van der Waals surface area contributed by atoms with Crippen LogP contribution in [0.25, 0.3) is 11.5 Å². The molecule has 0 radical (unpaired) electrons. The Hall–Kier alpha value is -1.36. The summed E-state index contributed by atoms with van der Waals surface area (Å²) in [5.74, 6) is 2.71. The quantitative estimate of drug-likeness (QED) is 0.810. The number of nitrogen functional groups attached to an aromatic ring is 1. The van der Waals surface area contributed by atoms with Crippen molar-refractivity contribution in [2.75, 3.05) is 5.73 Å².